The number of fused-ring (bicyclic) bond motifs is 2. The zero-order valence-electron chi connectivity index (χ0n) is 24.9. The summed E-state index contributed by atoms with van der Waals surface area (Å²) in [7, 11) is 0. The number of aliphatic hydroxyl groups is 1. The first-order chi connectivity index (χ1) is 20.6. The van der Waals surface area contributed by atoms with Crippen LogP contribution in [0, 0.1) is 19.3 Å². The molecule has 3 heterocycles. The van der Waals surface area contributed by atoms with Crippen LogP contribution >= 0.6 is 0 Å². The van der Waals surface area contributed by atoms with E-state index in [0.29, 0.717) is 35.3 Å². The second-order valence-corrected chi connectivity index (χ2v) is 12.2. The molecule has 2 N–H and O–H groups in total. The Morgan fingerprint density at radius 3 is 2.47 bits per heavy atom. The fourth-order valence-corrected chi connectivity index (χ4v) is 6.54. The predicted molar refractivity (Wildman–Crippen MR) is 161 cm³/mol. The third-order valence-electron chi connectivity index (χ3n) is 8.88. The molecule has 10 heteroatoms. The monoisotopic (exact) mass is 580 g/mol. The van der Waals surface area contributed by atoms with Crippen molar-refractivity contribution < 1.29 is 19.5 Å². The van der Waals surface area contributed by atoms with Gasteiger partial charge in [0.15, 0.2) is 5.78 Å². The number of amides is 2. The number of nitrogens with one attached hydrogen (secondary N) is 1. The van der Waals surface area contributed by atoms with E-state index in [1.54, 1.807) is 22.0 Å². The zero-order chi connectivity index (χ0) is 30.5. The number of hydrogen-bond donors (Lipinski definition) is 2. The molecule has 1 aliphatic heterocycles. The number of aromatic nitrogens is 4. The Balaban J connectivity index is 1.26. The molecule has 6 rings (SSSR count). The van der Waals surface area contributed by atoms with Gasteiger partial charge in [0.05, 0.1) is 18.2 Å². The highest BCUT2D eigenvalue weighted by atomic mass is 16.3. The van der Waals surface area contributed by atoms with Crippen LogP contribution in [0.25, 0.3) is 22.0 Å². The lowest BCUT2D eigenvalue weighted by Crippen LogP contribution is -2.52. The van der Waals surface area contributed by atoms with Crippen LogP contribution in [0.1, 0.15) is 54.1 Å². The Kier molecular flexibility index (Phi) is 7.33. The minimum Gasteiger partial charge on any atom is -0.394 e. The summed E-state index contributed by atoms with van der Waals surface area (Å²) >= 11 is 0. The van der Waals surface area contributed by atoms with E-state index in [4.69, 9.17) is 0 Å². The third-order valence-corrected chi connectivity index (χ3v) is 8.88. The lowest BCUT2D eigenvalue weighted by atomic mass is 10.0. The first kappa shape index (κ1) is 28.7. The van der Waals surface area contributed by atoms with E-state index >= 15 is 0 Å². The third kappa shape index (κ3) is 5.43. The van der Waals surface area contributed by atoms with Crippen molar-refractivity contribution in [3.63, 3.8) is 0 Å². The Bertz CT molecular complexity index is 1720. The number of carbonyl (C=O) groups excluding carboxylic acids is 3. The molecule has 1 saturated carbocycles. The van der Waals surface area contributed by atoms with Crippen molar-refractivity contribution in [3.05, 3.63) is 77.5 Å². The van der Waals surface area contributed by atoms with E-state index < -0.39 is 12.1 Å². The maximum Gasteiger partial charge on any atom is 0.245 e. The van der Waals surface area contributed by atoms with Crippen molar-refractivity contribution in [2.24, 2.45) is 5.41 Å². The number of likely N-dealkylation sites (tertiary alicyclic amines) is 1. The van der Waals surface area contributed by atoms with Gasteiger partial charge in [-0.3, -0.25) is 19.1 Å². The summed E-state index contributed by atoms with van der Waals surface area (Å²) in [4.78, 5) is 50.4. The van der Waals surface area contributed by atoms with Crippen molar-refractivity contribution in [2.45, 2.75) is 71.6 Å². The van der Waals surface area contributed by atoms with Crippen molar-refractivity contribution >= 4 is 28.5 Å². The molecule has 1 aliphatic carbocycles. The highest BCUT2D eigenvalue weighted by Gasteiger charge is 2.64. The molecule has 43 heavy (non-hydrogen) atoms. The van der Waals surface area contributed by atoms with Crippen LogP contribution in [0.2, 0.25) is 0 Å². The SMILES string of the molecule is CC(=O)c1nn(CC(=O)N2[C@H](C(=O)NC(CO)Cc3ccccc3)C[C@@]3(C)C[C@@H]23)c2c(C)cc(-c3cnc(C)nc3)cc12. The number of hydrogen-bond acceptors (Lipinski definition) is 7. The Morgan fingerprint density at radius 1 is 1.07 bits per heavy atom. The molecule has 2 aromatic carbocycles. The molecular weight excluding hydrogens is 544 g/mol. The van der Waals surface area contributed by atoms with Crippen molar-refractivity contribution in [2.75, 3.05) is 6.61 Å². The summed E-state index contributed by atoms with van der Waals surface area (Å²) < 4.78 is 1.60. The van der Waals surface area contributed by atoms with Gasteiger partial charge in [-0.25, -0.2) is 9.97 Å². The summed E-state index contributed by atoms with van der Waals surface area (Å²) in [5.41, 5.74) is 4.44. The molecule has 2 amide bonds. The average Bonchev–Trinajstić information content (AvgIpc) is 3.33. The largest absolute Gasteiger partial charge is 0.394 e. The van der Waals surface area contributed by atoms with Crippen LogP contribution in [-0.4, -0.2) is 72.1 Å². The molecular formula is C33H36N6O4. The summed E-state index contributed by atoms with van der Waals surface area (Å²) in [5, 5.41) is 18.2. The standard InChI is InChI=1S/C33H36N6O4/c1-19-10-23(24-15-34-21(3)35-16-24)12-26-30(20(2)41)37-38(31(19)26)17-29(42)39-27(13-33(4)14-28(33)39)32(43)36-25(18-40)11-22-8-6-5-7-9-22/h5-10,12,15-16,25,27-28,40H,11,13-14,17-18H2,1-4H3,(H,36,43)/t25?,27-,28+,33-/m0/s1. The van der Waals surface area contributed by atoms with Gasteiger partial charge in [-0.1, -0.05) is 37.3 Å². The number of nitrogens with zero attached hydrogens (tertiary/aromatic N) is 5. The van der Waals surface area contributed by atoms with Crippen molar-refractivity contribution in [3.8, 4) is 11.1 Å². The number of aliphatic hydroxyl groups excluding tert-OH is 1. The maximum absolute atomic E-state index is 13.9. The van der Waals surface area contributed by atoms with Crippen LogP contribution in [0.3, 0.4) is 0 Å². The van der Waals surface area contributed by atoms with Crippen LogP contribution in [0.5, 0.6) is 0 Å². The van der Waals surface area contributed by atoms with Gasteiger partial charge in [-0.05, 0) is 67.3 Å². The van der Waals surface area contributed by atoms with E-state index in [1.165, 1.54) is 6.92 Å². The van der Waals surface area contributed by atoms with Crippen LogP contribution in [-0.2, 0) is 22.6 Å². The summed E-state index contributed by atoms with van der Waals surface area (Å²) in [5.74, 6) is -0.00635. The van der Waals surface area contributed by atoms with Crippen molar-refractivity contribution in [1.29, 1.82) is 0 Å². The van der Waals surface area contributed by atoms with E-state index in [-0.39, 0.29) is 42.2 Å². The molecule has 2 aliphatic rings. The number of rotatable bonds is 9. The van der Waals surface area contributed by atoms with Gasteiger partial charge < -0.3 is 15.3 Å². The molecule has 10 nitrogen and oxygen atoms in total. The van der Waals surface area contributed by atoms with Gasteiger partial charge >= 0.3 is 0 Å². The van der Waals surface area contributed by atoms with E-state index in [2.05, 4.69) is 27.3 Å². The summed E-state index contributed by atoms with van der Waals surface area (Å²) in [6, 6.07) is 12.4. The van der Waals surface area contributed by atoms with Crippen LogP contribution < -0.4 is 5.32 Å². The molecule has 4 atom stereocenters. The highest BCUT2D eigenvalue weighted by Crippen LogP contribution is 2.59. The van der Waals surface area contributed by atoms with Crippen LogP contribution in [0.15, 0.2) is 54.9 Å². The quantitative estimate of drug-likeness (QED) is 0.290. The molecule has 2 aromatic heterocycles. The highest BCUT2D eigenvalue weighted by molar-refractivity contribution is 6.07. The van der Waals surface area contributed by atoms with E-state index in [9.17, 15) is 19.5 Å². The number of piperidine rings is 1. The molecule has 222 valence electrons. The molecule has 1 saturated heterocycles. The van der Waals surface area contributed by atoms with E-state index in [1.807, 2.05) is 56.3 Å². The van der Waals surface area contributed by atoms with Crippen LogP contribution in [0.4, 0.5) is 0 Å². The minimum atomic E-state index is -0.635. The van der Waals surface area contributed by atoms with Gasteiger partial charge in [0.1, 0.15) is 24.1 Å². The predicted octanol–water partition coefficient (Wildman–Crippen LogP) is 3.41. The number of Topliss-reactive ketones (excluding diaryl/α,β-unsaturated/α-hetero) is 1. The fourth-order valence-electron chi connectivity index (χ4n) is 6.54. The second-order valence-electron chi connectivity index (χ2n) is 12.2. The molecule has 0 bridgehead atoms. The van der Waals surface area contributed by atoms with Gasteiger partial charge in [-0.2, -0.15) is 5.10 Å². The molecule has 4 aromatic rings. The second kappa shape index (κ2) is 11.0. The first-order valence-electron chi connectivity index (χ1n) is 14.7. The Hall–Kier alpha value is -4.44. The fraction of sp³-hybridized carbons (Fsp3) is 0.394. The molecule has 0 radical (unpaired) electrons. The average molecular weight is 581 g/mol. The molecule has 1 unspecified atom stereocenters. The normalized spacial score (nSPS) is 21.5. The number of benzene rings is 2. The lowest BCUT2D eigenvalue weighted by molar-refractivity contribution is -0.140. The zero-order valence-corrected chi connectivity index (χ0v) is 24.9. The summed E-state index contributed by atoms with van der Waals surface area (Å²) in [6.45, 7) is 7.03. The van der Waals surface area contributed by atoms with Crippen molar-refractivity contribution in [1.82, 2.24) is 30.0 Å². The number of carbonyl (C=O) groups is 3. The van der Waals surface area contributed by atoms with Gasteiger partial charge in [-0.15, -0.1) is 0 Å². The topological polar surface area (TPSA) is 130 Å². The van der Waals surface area contributed by atoms with Gasteiger partial charge in [0.25, 0.3) is 0 Å². The maximum atomic E-state index is 13.9. The Morgan fingerprint density at radius 2 is 1.79 bits per heavy atom. The first-order valence-corrected chi connectivity index (χ1v) is 14.7. The van der Waals surface area contributed by atoms with Gasteiger partial charge in [0.2, 0.25) is 11.8 Å². The van der Waals surface area contributed by atoms with E-state index in [0.717, 1.165) is 28.7 Å². The minimum absolute atomic E-state index is 0.0270. The van der Waals surface area contributed by atoms with Gasteiger partial charge in [0, 0.05) is 36.3 Å². The number of aryl methyl sites for hydroxylation is 2. The molecule has 0 spiro atoms. The number of ketones is 1. The lowest BCUT2D eigenvalue weighted by Gasteiger charge is -2.28. The molecule has 2 fully saturated rings. The summed E-state index contributed by atoms with van der Waals surface area (Å²) in [6.07, 6.45) is 5.40. The smallest absolute Gasteiger partial charge is 0.245 e. The Labute approximate surface area is 250 Å².